The lowest BCUT2D eigenvalue weighted by Gasteiger charge is -2.14. The first-order chi connectivity index (χ1) is 13.9. The van der Waals surface area contributed by atoms with Crippen LogP contribution in [0.2, 0.25) is 0 Å². The fourth-order valence-corrected chi connectivity index (χ4v) is 4.24. The van der Waals surface area contributed by atoms with Crippen molar-refractivity contribution < 1.29 is 21.9 Å². The van der Waals surface area contributed by atoms with E-state index in [4.69, 9.17) is 10.00 Å². The van der Waals surface area contributed by atoms with Crippen LogP contribution in [0.1, 0.15) is 42.9 Å². The van der Waals surface area contributed by atoms with Crippen LogP contribution in [-0.2, 0) is 16.3 Å². The van der Waals surface area contributed by atoms with E-state index in [2.05, 4.69) is 4.99 Å². The maximum atomic E-state index is 13.7. The lowest BCUT2D eigenvalue weighted by atomic mass is 10.1. The maximum absolute atomic E-state index is 13.7. The number of unbranched alkanes of at least 4 members (excludes halogenated alkanes) is 1. The molecule has 152 valence electrons. The molecule has 0 radical (unpaired) electrons. The van der Waals surface area contributed by atoms with Crippen molar-refractivity contribution in [3.05, 3.63) is 52.8 Å². The first kappa shape index (κ1) is 20.9. The zero-order valence-corrected chi connectivity index (χ0v) is 16.7. The van der Waals surface area contributed by atoms with Gasteiger partial charge < -0.3 is 4.74 Å². The Balaban J connectivity index is 2.09. The van der Waals surface area contributed by atoms with E-state index in [-0.39, 0.29) is 16.2 Å². The van der Waals surface area contributed by atoms with Crippen LogP contribution in [0, 0.1) is 17.1 Å². The fraction of sp³-hybridized carbons (Fsp3) is 0.333. The number of sulfone groups is 1. The molecule has 0 spiro atoms. The Kier molecular flexibility index (Phi) is 6.28. The summed E-state index contributed by atoms with van der Waals surface area (Å²) in [6.07, 6.45) is 2.80. The molecule has 0 atom stereocenters. The molecule has 0 amide bonds. The highest BCUT2D eigenvalue weighted by Crippen LogP contribution is 2.38. The lowest BCUT2D eigenvalue weighted by molar-refractivity contribution is 0.470. The van der Waals surface area contributed by atoms with Crippen LogP contribution >= 0.6 is 0 Å². The van der Waals surface area contributed by atoms with Gasteiger partial charge in [-0.25, -0.2) is 17.2 Å². The second-order valence-electron chi connectivity index (χ2n) is 6.71. The van der Waals surface area contributed by atoms with Crippen molar-refractivity contribution in [2.45, 2.75) is 37.5 Å². The van der Waals surface area contributed by atoms with E-state index < -0.39 is 21.7 Å². The van der Waals surface area contributed by atoms with Crippen molar-refractivity contribution in [3.63, 3.8) is 0 Å². The number of fused-ring (bicyclic) bond motifs is 1. The Labute approximate surface area is 168 Å². The van der Waals surface area contributed by atoms with Crippen LogP contribution < -0.4 is 4.74 Å². The Morgan fingerprint density at radius 1 is 1.24 bits per heavy atom. The minimum absolute atomic E-state index is 0.105. The highest BCUT2D eigenvalue weighted by Gasteiger charge is 2.30. The molecule has 8 heteroatoms. The highest BCUT2D eigenvalue weighted by molar-refractivity contribution is 7.91. The number of nitriles is 1. The molecule has 0 aromatic heterocycles. The predicted octanol–water partition coefficient (Wildman–Crippen LogP) is 4.73. The zero-order valence-electron chi connectivity index (χ0n) is 15.9. The molecule has 2 aromatic rings. The number of ether oxygens (including phenoxy) is 1. The van der Waals surface area contributed by atoms with Crippen LogP contribution in [0.3, 0.4) is 0 Å². The van der Waals surface area contributed by atoms with Crippen LogP contribution in [-0.4, -0.2) is 26.7 Å². The number of hydrogen-bond acceptors (Lipinski definition) is 5. The third kappa shape index (κ3) is 4.46. The van der Waals surface area contributed by atoms with Crippen LogP contribution in [0.15, 0.2) is 40.2 Å². The van der Waals surface area contributed by atoms with Crippen LogP contribution in [0.5, 0.6) is 11.5 Å². The molecule has 0 unspecified atom stereocenters. The monoisotopic (exact) mass is 418 g/mol. The smallest absolute Gasteiger partial charge is 0.208 e. The van der Waals surface area contributed by atoms with Gasteiger partial charge in [0, 0.05) is 29.4 Å². The van der Waals surface area contributed by atoms with Crippen molar-refractivity contribution in [1.82, 2.24) is 0 Å². The Bertz CT molecular complexity index is 1110. The van der Waals surface area contributed by atoms with Gasteiger partial charge in [0.05, 0.1) is 16.5 Å². The molecule has 0 N–H and O–H groups in total. The first-order valence-corrected chi connectivity index (χ1v) is 10.9. The molecule has 29 heavy (non-hydrogen) atoms. The molecule has 1 aliphatic carbocycles. The first-order valence-electron chi connectivity index (χ1n) is 9.26. The SMILES string of the molecule is CCCCN=C1CCc2c(Oc3cc(F)cc(C#N)c3)ccc(S(=O)(=O)CF)c21. The van der Waals surface area contributed by atoms with Gasteiger partial charge in [-0.3, -0.25) is 4.99 Å². The number of aliphatic imine (C=N–C) groups is 1. The second kappa shape index (κ2) is 8.70. The van der Waals surface area contributed by atoms with Crippen LogP contribution in [0.4, 0.5) is 8.78 Å². The number of rotatable bonds is 7. The second-order valence-corrected chi connectivity index (χ2v) is 8.60. The standard InChI is InChI=1S/C21H20F2N2O3S/c1-2-3-8-25-18-5-4-17-19(6-7-20(21(17)18)29(26,27)13-22)28-16-10-14(12-24)9-15(23)11-16/h6-7,9-11H,2-5,8,13H2,1H3. The van der Waals surface area contributed by atoms with Gasteiger partial charge in [0.15, 0.2) is 6.01 Å². The molecular formula is C21H20F2N2O3S. The van der Waals surface area contributed by atoms with Crippen molar-refractivity contribution in [2.75, 3.05) is 12.6 Å². The summed E-state index contributed by atoms with van der Waals surface area (Å²) in [6, 6.07) is 6.72. The summed E-state index contributed by atoms with van der Waals surface area (Å²) in [5, 5.41) is 9.01. The van der Waals surface area contributed by atoms with Crippen LogP contribution in [0.25, 0.3) is 0 Å². The van der Waals surface area contributed by atoms with Crippen molar-refractivity contribution in [1.29, 1.82) is 5.26 Å². The molecule has 0 saturated carbocycles. The van der Waals surface area contributed by atoms with E-state index >= 15 is 0 Å². The third-order valence-corrected chi connectivity index (χ3v) is 5.95. The number of benzene rings is 2. The van der Waals surface area contributed by atoms with E-state index in [0.717, 1.165) is 25.0 Å². The molecule has 2 aromatic carbocycles. The molecule has 0 heterocycles. The molecule has 0 saturated heterocycles. The van der Waals surface area contributed by atoms with E-state index in [9.17, 15) is 17.2 Å². The quantitative estimate of drug-likeness (QED) is 0.609. The minimum atomic E-state index is -4.10. The van der Waals surface area contributed by atoms with Gasteiger partial charge in [-0.05, 0) is 43.5 Å². The Morgan fingerprint density at radius 3 is 2.72 bits per heavy atom. The topological polar surface area (TPSA) is 79.5 Å². The summed E-state index contributed by atoms with van der Waals surface area (Å²) in [5.41, 5.74) is 1.70. The van der Waals surface area contributed by atoms with Gasteiger partial charge in [0.2, 0.25) is 9.84 Å². The lowest BCUT2D eigenvalue weighted by Crippen LogP contribution is -2.10. The van der Waals surface area contributed by atoms with E-state index in [1.54, 1.807) is 0 Å². The summed E-state index contributed by atoms with van der Waals surface area (Å²) < 4.78 is 57.3. The normalized spacial score (nSPS) is 14.6. The largest absolute Gasteiger partial charge is 0.457 e. The molecule has 0 bridgehead atoms. The maximum Gasteiger partial charge on any atom is 0.208 e. The number of nitrogens with zero attached hydrogens (tertiary/aromatic N) is 2. The minimum Gasteiger partial charge on any atom is -0.457 e. The fourth-order valence-electron chi connectivity index (χ4n) is 3.30. The summed E-state index contributed by atoms with van der Waals surface area (Å²) in [4.78, 5) is 4.42. The molecule has 3 rings (SSSR count). The van der Waals surface area contributed by atoms with Crippen molar-refractivity contribution in [2.24, 2.45) is 4.99 Å². The highest BCUT2D eigenvalue weighted by atomic mass is 32.2. The average Bonchev–Trinajstić information content (AvgIpc) is 3.12. The van der Waals surface area contributed by atoms with Gasteiger partial charge in [-0.1, -0.05) is 13.3 Å². The summed E-state index contributed by atoms with van der Waals surface area (Å²) in [5.74, 6) is -0.150. The van der Waals surface area contributed by atoms with Crippen molar-refractivity contribution in [3.8, 4) is 17.6 Å². The molecular weight excluding hydrogens is 398 g/mol. The van der Waals surface area contributed by atoms with Gasteiger partial charge in [0.25, 0.3) is 0 Å². The average molecular weight is 418 g/mol. The predicted molar refractivity (Wildman–Crippen MR) is 105 cm³/mol. The van der Waals surface area contributed by atoms with E-state index in [0.29, 0.717) is 42.0 Å². The molecule has 0 aliphatic heterocycles. The van der Waals surface area contributed by atoms with Gasteiger partial charge in [0.1, 0.15) is 17.3 Å². The number of alkyl halides is 1. The van der Waals surface area contributed by atoms with Gasteiger partial charge >= 0.3 is 0 Å². The number of hydrogen-bond donors (Lipinski definition) is 0. The zero-order chi connectivity index (χ0) is 21.0. The number of halogens is 2. The summed E-state index contributed by atoms with van der Waals surface area (Å²) in [6.45, 7) is 2.59. The van der Waals surface area contributed by atoms with Crippen molar-refractivity contribution >= 4 is 15.5 Å². The third-order valence-electron chi connectivity index (χ3n) is 4.65. The molecule has 5 nitrogen and oxygen atoms in total. The summed E-state index contributed by atoms with van der Waals surface area (Å²) in [7, 11) is -4.10. The Hall–Kier alpha value is -2.79. The molecule has 1 aliphatic rings. The molecule has 0 fully saturated rings. The van der Waals surface area contributed by atoms with Gasteiger partial charge in [-0.2, -0.15) is 5.26 Å². The van der Waals surface area contributed by atoms with E-state index in [1.165, 1.54) is 18.2 Å². The summed E-state index contributed by atoms with van der Waals surface area (Å²) >= 11 is 0. The van der Waals surface area contributed by atoms with E-state index in [1.807, 2.05) is 13.0 Å². The van der Waals surface area contributed by atoms with Gasteiger partial charge in [-0.15, -0.1) is 0 Å². The Morgan fingerprint density at radius 2 is 2.03 bits per heavy atom.